The molecule has 0 bridgehead atoms. The Morgan fingerprint density at radius 2 is 2.19 bits per heavy atom. The Hall–Kier alpha value is -1.56. The molecule has 2 N–H and O–H groups in total. The van der Waals surface area contributed by atoms with Gasteiger partial charge in [0.05, 0.1) is 17.1 Å². The van der Waals surface area contributed by atoms with Gasteiger partial charge >= 0.3 is 6.09 Å². The molecular formula is C15H20BrN3O2. The zero-order valence-corrected chi connectivity index (χ0v) is 14.0. The highest BCUT2D eigenvalue weighted by Crippen LogP contribution is 2.27. The van der Waals surface area contributed by atoms with E-state index in [1.165, 1.54) is 0 Å². The Balaban J connectivity index is 2.52. The van der Waals surface area contributed by atoms with Gasteiger partial charge in [0.1, 0.15) is 5.82 Å². The van der Waals surface area contributed by atoms with Crippen molar-refractivity contribution in [2.45, 2.75) is 39.8 Å². The van der Waals surface area contributed by atoms with Crippen molar-refractivity contribution < 1.29 is 9.90 Å². The van der Waals surface area contributed by atoms with E-state index in [0.717, 1.165) is 34.3 Å². The minimum atomic E-state index is -1.02. The molecule has 1 aromatic carbocycles. The first kappa shape index (κ1) is 15.8. The van der Waals surface area contributed by atoms with Crippen molar-refractivity contribution >= 4 is 33.1 Å². The van der Waals surface area contributed by atoms with Crippen LogP contribution in [0, 0.1) is 5.92 Å². The van der Waals surface area contributed by atoms with Crippen LogP contribution in [0.2, 0.25) is 0 Å². The van der Waals surface area contributed by atoms with E-state index in [0.29, 0.717) is 5.92 Å². The van der Waals surface area contributed by atoms with E-state index in [4.69, 9.17) is 5.11 Å². The molecule has 0 spiro atoms. The number of amides is 1. The van der Waals surface area contributed by atoms with Crippen LogP contribution in [0.3, 0.4) is 0 Å². The average molecular weight is 354 g/mol. The van der Waals surface area contributed by atoms with Crippen molar-refractivity contribution in [3.63, 3.8) is 0 Å². The summed E-state index contributed by atoms with van der Waals surface area (Å²) in [4.78, 5) is 15.7. The third-order valence-corrected chi connectivity index (χ3v) is 3.87. The van der Waals surface area contributed by atoms with Crippen molar-refractivity contribution in [1.82, 2.24) is 14.9 Å². The monoisotopic (exact) mass is 353 g/mol. The van der Waals surface area contributed by atoms with E-state index in [-0.39, 0.29) is 6.04 Å². The molecule has 0 radical (unpaired) electrons. The van der Waals surface area contributed by atoms with Gasteiger partial charge in [-0.05, 0) is 37.5 Å². The lowest BCUT2D eigenvalue weighted by Crippen LogP contribution is -2.30. The Kier molecular flexibility index (Phi) is 4.88. The van der Waals surface area contributed by atoms with E-state index >= 15 is 0 Å². The maximum atomic E-state index is 11.1. The summed E-state index contributed by atoms with van der Waals surface area (Å²) in [7, 11) is 0. The predicted octanol–water partition coefficient (Wildman–Crippen LogP) is 4.17. The Morgan fingerprint density at radius 1 is 1.48 bits per heavy atom. The van der Waals surface area contributed by atoms with Gasteiger partial charge in [-0.1, -0.05) is 29.8 Å². The summed E-state index contributed by atoms with van der Waals surface area (Å²) in [6.45, 7) is 6.94. The second kappa shape index (κ2) is 6.47. The van der Waals surface area contributed by atoms with E-state index < -0.39 is 6.09 Å². The number of hydrogen-bond donors (Lipinski definition) is 2. The molecule has 0 aliphatic heterocycles. The lowest BCUT2D eigenvalue weighted by Gasteiger charge is -2.19. The second-order valence-electron chi connectivity index (χ2n) is 5.48. The fourth-order valence-corrected chi connectivity index (χ4v) is 2.91. The van der Waals surface area contributed by atoms with Crippen LogP contribution >= 0.6 is 15.9 Å². The number of aromatic nitrogens is 2. The highest BCUT2D eigenvalue weighted by molar-refractivity contribution is 9.10. The average Bonchev–Trinajstić information content (AvgIpc) is 2.74. The lowest BCUT2D eigenvalue weighted by atomic mass is 10.0. The number of nitrogens with one attached hydrogen (secondary N) is 1. The maximum Gasteiger partial charge on any atom is 0.405 e. The fraction of sp³-hybridized carbons (Fsp3) is 0.467. The minimum Gasteiger partial charge on any atom is -0.465 e. The number of carboxylic acid groups (broad SMARTS) is 1. The number of fused-ring (bicyclic) bond motifs is 1. The summed E-state index contributed by atoms with van der Waals surface area (Å²) in [6.07, 6.45) is -0.298. The quantitative estimate of drug-likeness (QED) is 0.847. The van der Waals surface area contributed by atoms with E-state index in [2.05, 4.69) is 44.6 Å². The minimum absolute atomic E-state index is 0.298. The highest BCUT2D eigenvalue weighted by Gasteiger charge is 2.22. The number of nitrogens with zero attached hydrogens (tertiary/aromatic N) is 2. The lowest BCUT2D eigenvalue weighted by molar-refractivity contribution is 0.187. The van der Waals surface area contributed by atoms with Crippen molar-refractivity contribution in [2.75, 3.05) is 0 Å². The van der Waals surface area contributed by atoms with Gasteiger partial charge < -0.3 is 15.0 Å². The number of rotatable bonds is 5. The van der Waals surface area contributed by atoms with Crippen molar-refractivity contribution in [1.29, 1.82) is 0 Å². The largest absolute Gasteiger partial charge is 0.465 e. The first-order valence-electron chi connectivity index (χ1n) is 7.07. The van der Waals surface area contributed by atoms with Gasteiger partial charge in [0.15, 0.2) is 0 Å². The molecule has 2 aromatic rings. The molecule has 1 unspecified atom stereocenters. The van der Waals surface area contributed by atoms with Crippen LogP contribution in [0.4, 0.5) is 4.79 Å². The molecule has 21 heavy (non-hydrogen) atoms. The smallest absolute Gasteiger partial charge is 0.405 e. The molecule has 0 aliphatic carbocycles. The van der Waals surface area contributed by atoms with Gasteiger partial charge in [-0.25, -0.2) is 9.78 Å². The molecule has 6 heteroatoms. The summed E-state index contributed by atoms with van der Waals surface area (Å²) in [6, 6.07) is 5.61. The van der Waals surface area contributed by atoms with Crippen molar-refractivity contribution in [2.24, 2.45) is 5.92 Å². The third kappa shape index (κ3) is 3.56. The zero-order valence-electron chi connectivity index (χ0n) is 12.4. The Labute approximate surface area is 132 Å². The molecule has 5 nitrogen and oxygen atoms in total. The van der Waals surface area contributed by atoms with Gasteiger partial charge in [-0.15, -0.1) is 0 Å². The van der Waals surface area contributed by atoms with Gasteiger partial charge in [-0.3, -0.25) is 0 Å². The van der Waals surface area contributed by atoms with Crippen LogP contribution in [0.5, 0.6) is 0 Å². The zero-order chi connectivity index (χ0) is 15.6. The Bertz CT molecular complexity index is 652. The molecule has 1 heterocycles. The summed E-state index contributed by atoms with van der Waals surface area (Å²) in [5.41, 5.74) is 1.90. The first-order valence-corrected chi connectivity index (χ1v) is 7.86. The predicted molar refractivity (Wildman–Crippen MR) is 86.5 cm³/mol. The van der Waals surface area contributed by atoms with E-state index in [1.54, 1.807) is 0 Å². The standard InChI is InChI=1S/C15H20BrN3O2/c1-4-19-13-8-10(16)5-6-11(13)17-14(19)12(7-9(2)3)18-15(20)21/h5-6,8-9,12,18H,4,7H2,1-3H3,(H,20,21). The van der Waals surface area contributed by atoms with E-state index in [1.807, 2.05) is 25.1 Å². The molecular weight excluding hydrogens is 334 g/mol. The molecule has 1 amide bonds. The van der Waals surface area contributed by atoms with Gasteiger partial charge in [0.25, 0.3) is 0 Å². The van der Waals surface area contributed by atoms with Gasteiger partial charge in [-0.2, -0.15) is 0 Å². The van der Waals surface area contributed by atoms with Crippen LogP contribution in [0.1, 0.15) is 39.1 Å². The topological polar surface area (TPSA) is 67.2 Å². The van der Waals surface area contributed by atoms with Crippen LogP contribution in [-0.2, 0) is 6.54 Å². The molecule has 0 saturated heterocycles. The Morgan fingerprint density at radius 3 is 2.76 bits per heavy atom. The SMILES string of the molecule is CCn1c(C(CC(C)C)NC(=O)O)nc2ccc(Br)cc21. The molecule has 0 fully saturated rings. The molecule has 0 saturated carbocycles. The summed E-state index contributed by atoms with van der Waals surface area (Å²) in [5.74, 6) is 1.15. The normalized spacial score (nSPS) is 12.8. The molecule has 1 atom stereocenters. The summed E-state index contributed by atoms with van der Waals surface area (Å²) >= 11 is 3.47. The number of halogens is 1. The van der Waals surface area contributed by atoms with Crippen LogP contribution in [0.25, 0.3) is 11.0 Å². The number of hydrogen-bond acceptors (Lipinski definition) is 2. The molecule has 1 aromatic heterocycles. The molecule has 0 aliphatic rings. The molecule has 114 valence electrons. The summed E-state index contributed by atoms with van der Waals surface area (Å²) < 4.78 is 3.06. The van der Waals surface area contributed by atoms with Crippen LogP contribution < -0.4 is 5.32 Å². The van der Waals surface area contributed by atoms with Crippen LogP contribution in [-0.4, -0.2) is 20.8 Å². The van der Waals surface area contributed by atoms with E-state index in [9.17, 15) is 4.79 Å². The van der Waals surface area contributed by atoms with Crippen LogP contribution in [0.15, 0.2) is 22.7 Å². The molecule has 2 rings (SSSR count). The van der Waals surface area contributed by atoms with Crippen molar-refractivity contribution in [3.8, 4) is 0 Å². The van der Waals surface area contributed by atoms with Crippen molar-refractivity contribution in [3.05, 3.63) is 28.5 Å². The number of carbonyl (C=O) groups is 1. The summed E-state index contributed by atoms with van der Waals surface area (Å²) in [5, 5.41) is 11.7. The number of aryl methyl sites for hydroxylation is 1. The second-order valence-corrected chi connectivity index (χ2v) is 6.39. The third-order valence-electron chi connectivity index (χ3n) is 3.37. The van der Waals surface area contributed by atoms with Gasteiger partial charge in [0, 0.05) is 11.0 Å². The fourth-order valence-electron chi connectivity index (χ4n) is 2.56. The van der Waals surface area contributed by atoms with Gasteiger partial charge in [0.2, 0.25) is 0 Å². The highest BCUT2D eigenvalue weighted by atomic mass is 79.9. The maximum absolute atomic E-state index is 11.1. The first-order chi connectivity index (χ1) is 9.92. The number of benzene rings is 1. The number of imidazole rings is 1.